The van der Waals surface area contributed by atoms with Gasteiger partial charge in [-0.15, -0.1) is 11.3 Å². The number of amides is 1. The molecule has 0 aliphatic heterocycles. The second-order valence-electron chi connectivity index (χ2n) is 9.71. The van der Waals surface area contributed by atoms with Crippen LogP contribution in [0.2, 0.25) is 0 Å². The number of thiophene rings is 1. The van der Waals surface area contributed by atoms with Crippen LogP contribution in [0.5, 0.6) is 5.75 Å². The number of hydrogen-bond acceptors (Lipinski definition) is 7. The first kappa shape index (κ1) is 27.2. The van der Waals surface area contributed by atoms with E-state index < -0.39 is 0 Å². The van der Waals surface area contributed by atoms with Crippen molar-refractivity contribution in [3.8, 4) is 5.75 Å². The maximum absolute atomic E-state index is 13.5. The van der Waals surface area contributed by atoms with Crippen molar-refractivity contribution in [3.63, 3.8) is 0 Å². The highest BCUT2D eigenvalue weighted by atomic mass is 32.1. The summed E-state index contributed by atoms with van der Waals surface area (Å²) in [4.78, 5) is 24.0. The first-order chi connectivity index (χ1) is 19.4. The third-order valence-electron chi connectivity index (χ3n) is 6.30. The molecule has 3 aromatic carbocycles. The lowest BCUT2D eigenvalue weighted by atomic mass is 10.1. The van der Waals surface area contributed by atoms with Crippen LogP contribution in [0.15, 0.2) is 73.1 Å². The van der Waals surface area contributed by atoms with Gasteiger partial charge in [0.2, 0.25) is 5.91 Å². The zero-order chi connectivity index (χ0) is 28.1. The van der Waals surface area contributed by atoms with E-state index in [1.54, 1.807) is 29.8 Å². The number of carbonyl (C=O) groups is 1. The monoisotopic (exact) mass is 555 g/mol. The van der Waals surface area contributed by atoms with E-state index in [2.05, 4.69) is 26.7 Å². The fourth-order valence-corrected chi connectivity index (χ4v) is 5.36. The van der Waals surface area contributed by atoms with E-state index in [1.165, 1.54) is 12.1 Å². The quantitative estimate of drug-likeness (QED) is 0.197. The van der Waals surface area contributed by atoms with Crippen molar-refractivity contribution in [3.05, 3.63) is 95.6 Å². The molecule has 2 heterocycles. The minimum Gasteiger partial charge on any atom is -0.489 e. The molecule has 0 spiro atoms. The topological polar surface area (TPSA) is 79.4 Å². The number of aryl methyl sites for hydroxylation is 1. The molecule has 204 valence electrons. The SMILES string of the molecule is Cc1cc(Nc2ncnc3sc4cc(/C=C/C(=O)NCCN(C)C)ccc4c23)ccc1OCc1cccc(F)c1. The van der Waals surface area contributed by atoms with Gasteiger partial charge >= 0.3 is 0 Å². The molecule has 2 aromatic heterocycles. The predicted molar refractivity (Wildman–Crippen MR) is 161 cm³/mol. The highest BCUT2D eigenvalue weighted by molar-refractivity contribution is 7.25. The van der Waals surface area contributed by atoms with Gasteiger partial charge in [-0.05, 0) is 80.2 Å². The summed E-state index contributed by atoms with van der Waals surface area (Å²) in [5, 5.41) is 8.31. The third-order valence-corrected chi connectivity index (χ3v) is 7.36. The summed E-state index contributed by atoms with van der Waals surface area (Å²) in [5.41, 5.74) is 3.53. The largest absolute Gasteiger partial charge is 0.489 e. The number of benzene rings is 3. The van der Waals surface area contributed by atoms with E-state index in [9.17, 15) is 9.18 Å². The Balaban J connectivity index is 1.32. The van der Waals surface area contributed by atoms with E-state index in [4.69, 9.17) is 4.74 Å². The molecule has 9 heteroatoms. The Kier molecular flexibility index (Phi) is 8.33. The fourth-order valence-electron chi connectivity index (χ4n) is 4.27. The van der Waals surface area contributed by atoms with Gasteiger partial charge in [0.1, 0.15) is 35.1 Å². The molecule has 2 N–H and O–H groups in total. The lowest BCUT2D eigenvalue weighted by Crippen LogP contribution is -2.30. The molecule has 0 radical (unpaired) electrons. The van der Waals surface area contributed by atoms with E-state index in [-0.39, 0.29) is 18.3 Å². The van der Waals surface area contributed by atoms with Crippen LogP contribution >= 0.6 is 11.3 Å². The molecule has 0 aliphatic carbocycles. The highest BCUT2D eigenvalue weighted by Gasteiger charge is 2.13. The first-order valence-corrected chi connectivity index (χ1v) is 13.7. The summed E-state index contributed by atoms with van der Waals surface area (Å²) in [6.45, 7) is 3.65. The van der Waals surface area contributed by atoms with E-state index in [0.717, 1.165) is 55.0 Å². The molecule has 0 aliphatic rings. The smallest absolute Gasteiger partial charge is 0.244 e. The van der Waals surface area contributed by atoms with E-state index in [0.29, 0.717) is 12.4 Å². The van der Waals surface area contributed by atoms with Crippen LogP contribution in [0, 0.1) is 12.7 Å². The van der Waals surface area contributed by atoms with Crippen molar-refractivity contribution in [2.75, 3.05) is 32.5 Å². The number of anilines is 2. The summed E-state index contributed by atoms with van der Waals surface area (Å²) >= 11 is 1.59. The predicted octanol–water partition coefficient (Wildman–Crippen LogP) is 6.31. The standard InChI is InChI=1S/C31H30FN5O2S/c1-20-15-24(9-11-26(20)39-18-22-5-4-6-23(32)16-22)36-30-29-25-10-7-21(8-12-28(38)33-13-14-37(2)3)17-27(25)40-31(29)35-19-34-30/h4-12,15-17,19H,13-14,18H2,1-3H3,(H,33,38)(H,34,35,36)/b12-8+. The van der Waals surface area contributed by atoms with Gasteiger partial charge in [0.15, 0.2) is 0 Å². The molecule has 5 aromatic rings. The molecular formula is C31H30FN5O2S. The van der Waals surface area contributed by atoms with Crippen LogP contribution in [0.4, 0.5) is 15.9 Å². The number of likely N-dealkylation sites (N-methyl/N-ethyl adjacent to an activating group) is 1. The minimum atomic E-state index is -0.277. The molecular weight excluding hydrogens is 525 g/mol. The van der Waals surface area contributed by atoms with E-state index in [1.807, 2.05) is 68.4 Å². The van der Waals surface area contributed by atoms with Crippen molar-refractivity contribution in [1.82, 2.24) is 20.2 Å². The summed E-state index contributed by atoms with van der Waals surface area (Å²) in [7, 11) is 3.94. The zero-order valence-electron chi connectivity index (χ0n) is 22.6. The first-order valence-electron chi connectivity index (χ1n) is 12.9. The molecule has 7 nitrogen and oxygen atoms in total. The molecule has 0 unspecified atom stereocenters. The lowest BCUT2D eigenvalue weighted by Gasteiger charge is -2.12. The normalized spacial score (nSPS) is 11.5. The van der Waals surface area contributed by atoms with Crippen LogP contribution in [0.25, 0.3) is 26.4 Å². The minimum absolute atomic E-state index is 0.115. The van der Waals surface area contributed by atoms with Crippen molar-refractivity contribution in [2.24, 2.45) is 0 Å². The van der Waals surface area contributed by atoms with Gasteiger partial charge in [-0.2, -0.15) is 0 Å². The number of nitrogens with one attached hydrogen (secondary N) is 2. The Morgan fingerprint density at radius 1 is 1.10 bits per heavy atom. The highest BCUT2D eigenvalue weighted by Crippen LogP contribution is 2.38. The van der Waals surface area contributed by atoms with Crippen LogP contribution in [-0.4, -0.2) is 48.0 Å². The number of hydrogen-bond donors (Lipinski definition) is 2. The van der Waals surface area contributed by atoms with Crippen LogP contribution in [0.3, 0.4) is 0 Å². The van der Waals surface area contributed by atoms with Crippen molar-refractivity contribution in [2.45, 2.75) is 13.5 Å². The average molecular weight is 556 g/mol. The van der Waals surface area contributed by atoms with Crippen molar-refractivity contribution < 1.29 is 13.9 Å². The Hall–Kier alpha value is -4.34. The van der Waals surface area contributed by atoms with Gasteiger partial charge < -0.3 is 20.3 Å². The third kappa shape index (κ3) is 6.62. The number of nitrogens with zero attached hydrogens (tertiary/aromatic N) is 3. The van der Waals surface area contributed by atoms with Gasteiger partial charge in [0.05, 0.1) is 5.39 Å². The summed E-state index contributed by atoms with van der Waals surface area (Å²) in [5.74, 6) is 1.06. The maximum Gasteiger partial charge on any atom is 0.244 e. The molecule has 5 rings (SSSR count). The zero-order valence-corrected chi connectivity index (χ0v) is 23.4. The number of carbonyl (C=O) groups excluding carboxylic acids is 1. The van der Waals surface area contributed by atoms with Gasteiger partial charge in [-0.1, -0.05) is 24.3 Å². The lowest BCUT2D eigenvalue weighted by molar-refractivity contribution is -0.116. The Morgan fingerprint density at radius 2 is 1.98 bits per heavy atom. The second kappa shape index (κ2) is 12.2. The number of aromatic nitrogens is 2. The average Bonchev–Trinajstić information content (AvgIpc) is 3.30. The summed E-state index contributed by atoms with van der Waals surface area (Å²) in [6.07, 6.45) is 4.94. The van der Waals surface area contributed by atoms with Gasteiger partial charge in [0, 0.05) is 34.9 Å². The van der Waals surface area contributed by atoms with E-state index >= 15 is 0 Å². The molecule has 40 heavy (non-hydrogen) atoms. The van der Waals surface area contributed by atoms with Crippen molar-refractivity contribution in [1.29, 1.82) is 0 Å². The number of rotatable bonds is 10. The maximum atomic E-state index is 13.5. The fraction of sp³-hybridized carbons (Fsp3) is 0.194. The Bertz CT molecular complexity index is 1700. The van der Waals surface area contributed by atoms with Crippen molar-refractivity contribution >= 4 is 55.1 Å². The molecule has 1 amide bonds. The van der Waals surface area contributed by atoms with Gasteiger partial charge in [0.25, 0.3) is 0 Å². The second-order valence-corrected chi connectivity index (χ2v) is 10.7. The Labute approximate surface area is 236 Å². The Morgan fingerprint density at radius 3 is 2.77 bits per heavy atom. The molecule has 0 saturated carbocycles. The summed E-state index contributed by atoms with van der Waals surface area (Å²) in [6, 6.07) is 18.3. The van der Waals surface area contributed by atoms with Gasteiger partial charge in [-0.3, -0.25) is 4.79 Å². The van der Waals surface area contributed by atoms with Gasteiger partial charge in [-0.25, -0.2) is 14.4 Å². The molecule has 0 fully saturated rings. The molecule has 0 bridgehead atoms. The number of fused-ring (bicyclic) bond motifs is 3. The number of ether oxygens (including phenoxy) is 1. The summed E-state index contributed by atoms with van der Waals surface area (Å²) < 4.78 is 20.4. The molecule has 0 saturated heterocycles. The van der Waals surface area contributed by atoms with Crippen LogP contribution in [-0.2, 0) is 11.4 Å². The number of halogens is 1. The van der Waals surface area contributed by atoms with Crippen LogP contribution < -0.4 is 15.4 Å². The van der Waals surface area contributed by atoms with Crippen LogP contribution in [0.1, 0.15) is 16.7 Å². The molecule has 0 atom stereocenters.